The summed E-state index contributed by atoms with van der Waals surface area (Å²) >= 11 is 0. The average Bonchev–Trinajstić information content (AvgIpc) is 2.76. The van der Waals surface area contributed by atoms with Gasteiger partial charge in [0.15, 0.2) is 0 Å². The van der Waals surface area contributed by atoms with Crippen LogP contribution in [0.3, 0.4) is 0 Å². The molecule has 0 aliphatic rings. The summed E-state index contributed by atoms with van der Waals surface area (Å²) in [6.07, 6.45) is -2.39. The van der Waals surface area contributed by atoms with E-state index in [0.717, 1.165) is 18.5 Å². The van der Waals surface area contributed by atoms with Gasteiger partial charge in [0.2, 0.25) is 10.0 Å². The van der Waals surface area contributed by atoms with E-state index in [0.29, 0.717) is 27.9 Å². The topological polar surface area (TPSA) is 82.9 Å². The quantitative estimate of drug-likeness (QED) is 0.409. The van der Waals surface area contributed by atoms with E-state index in [4.69, 9.17) is 0 Å². The second-order valence-corrected chi connectivity index (χ2v) is 9.14. The van der Waals surface area contributed by atoms with Crippen molar-refractivity contribution in [1.29, 1.82) is 5.26 Å². The largest absolute Gasteiger partial charge is 0.418 e. The van der Waals surface area contributed by atoms with Crippen molar-refractivity contribution in [3.8, 4) is 28.3 Å². The molecule has 0 bridgehead atoms. The Hall–Kier alpha value is -3.90. The number of aromatic nitrogens is 1. The molecule has 33 heavy (non-hydrogen) atoms. The van der Waals surface area contributed by atoms with Gasteiger partial charge in [0.05, 0.1) is 22.9 Å². The summed E-state index contributed by atoms with van der Waals surface area (Å²) in [5.41, 5.74) is 1.70. The molecule has 0 radical (unpaired) electrons. The average molecular weight is 467 g/mol. The molecule has 0 saturated carbocycles. The van der Waals surface area contributed by atoms with E-state index in [-0.39, 0.29) is 16.5 Å². The fraction of sp³-hybridized carbons (Fsp3) is 0.0833. The van der Waals surface area contributed by atoms with Crippen molar-refractivity contribution in [2.24, 2.45) is 0 Å². The van der Waals surface area contributed by atoms with Crippen LogP contribution in [0.2, 0.25) is 0 Å². The molecule has 4 rings (SSSR count). The van der Waals surface area contributed by atoms with Gasteiger partial charge in [-0.3, -0.25) is 9.71 Å². The van der Waals surface area contributed by atoms with E-state index in [9.17, 15) is 26.9 Å². The van der Waals surface area contributed by atoms with Crippen LogP contribution >= 0.6 is 0 Å². The third-order valence-corrected chi connectivity index (χ3v) is 5.58. The summed E-state index contributed by atoms with van der Waals surface area (Å²) in [5, 5.41) is 9.84. The minimum atomic E-state index is -4.59. The first-order valence-electron chi connectivity index (χ1n) is 9.64. The Balaban J connectivity index is 1.90. The Kier molecular flexibility index (Phi) is 5.56. The molecule has 5 nitrogen and oxygen atoms in total. The number of sulfonamides is 1. The maximum Gasteiger partial charge on any atom is 0.418 e. The Bertz CT molecular complexity index is 1520. The van der Waals surface area contributed by atoms with Crippen LogP contribution < -0.4 is 4.72 Å². The monoisotopic (exact) mass is 467 g/mol. The van der Waals surface area contributed by atoms with Crippen LogP contribution in [0, 0.1) is 11.3 Å². The summed E-state index contributed by atoms with van der Waals surface area (Å²) in [4.78, 5) is 3.92. The molecule has 0 fully saturated rings. The number of pyridine rings is 1. The van der Waals surface area contributed by atoms with Crippen molar-refractivity contribution < 1.29 is 21.6 Å². The maximum atomic E-state index is 13.5. The molecule has 0 amide bonds. The van der Waals surface area contributed by atoms with Crippen LogP contribution in [0.15, 0.2) is 72.9 Å². The lowest BCUT2D eigenvalue weighted by atomic mass is 9.93. The van der Waals surface area contributed by atoms with Gasteiger partial charge >= 0.3 is 6.18 Å². The molecular formula is C24H16F3N3O2S. The van der Waals surface area contributed by atoms with Crippen LogP contribution in [-0.4, -0.2) is 19.7 Å². The lowest BCUT2D eigenvalue weighted by molar-refractivity contribution is -0.136. The second kappa shape index (κ2) is 8.22. The summed E-state index contributed by atoms with van der Waals surface area (Å²) < 4.78 is 66.1. The standard InChI is InChI=1S/C24H16F3N3O2S/c1-33(31,32)30-19-8-3-6-16(12-19)15-5-2-7-17(11-15)22-18(13-28)14-29-23-20(22)9-4-10-21(23)24(25,26)27/h2-12,14,30H,1H3. The highest BCUT2D eigenvalue weighted by Gasteiger charge is 2.33. The number of para-hydroxylation sites is 1. The van der Waals surface area contributed by atoms with E-state index in [2.05, 4.69) is 9.71 Å². The molecular weight excluding hydrogens is 451 g/mol. The molecule has 1 heterocycles. The number of hydrogen-bond acceptors (Lipinski definition) is 4. The minimum absolute atomic E-state index is 0.145. The van der Waals surface area contributed by atoms with Crippen molar-refractivity contribution in [2.75, 3.05) is 11.0 Å². The van der Waals surface area contributed by atoms with Crippen LogP contribution in [0.4, 0.5) is 18.9 Å². The fourth-order valence-electron chi connectivity index (χ4n) is 3.68. The molecule has 166 valence electrons. The van der Waals surface area contributed by atoms with E-state index in [1.807, 2.05) is 6.07 Å². The van der Waals surface area contributed by atoms with Gasteiger partial charge in [0, 0.05) is 22.8 Å². The lowest BCUT2D eigenvalue weighted by Crippen LogP contribution is -2.09. The Morgan fingerprint density at radius 1 is 0.939 bits per heavy atom. The zero-order chi connectivity index (χ0) is 23.8. The molecule has 0 spiro atoms. The Labute approximate surface area is 188 Å². The maximum absolute atomic E-state index is 13.5. The Morgan fingerprint density at radius 2 is 1.58 bits per heavy atom. The highest BCUT2D eigenvalue weighted by Crippen LogP contribution is 2.39. The minimum Gasteiger partial charge on any atom is -0.284 e. The summed E-state index contributed by atoms with van der Waals surface area (Å²) in [6, 6.07) is 19.5. The van der Waals surface area contributed by atoms with E-state index >= 15 is 0 Å². The van der Waals surface area contributed by atoms with Crippen molar-refractivity contribution in [3.05, 3.63) is 84.1 Å². The van der Waals surface area contributed by atoms with Gasteiger partial charge in [0.25, 0.3) is 0 Å². The van der Waals surface area contributed by atoms with E-state index < -0.39 is 21.8 Å². The predicted octanol–water partition coefficient (Wildman–Crippen LogP) is 5.83. The smallest absolute Gasteiger partial charge is 0.284 e. The fourth-order valence-corrected chi connectivity index (χ4v) is 4.23. The van der Waals surface area contributed by atoms with Crippen molar-refractivity contribution in [1.82, 2.24) is 4.98 Å². The Morgan fingerprint density at radius 3 is 2.24 bits per heavy atom. The van der Waals surface area contributed by atoms with Crippen molar-refractivity contribution in [2.45, 2.75) is 6.18 Å². The van der Waals surface area contributed by atoms with Gasteiger partial charge in [0.1, 0.15) is 6.07 Å². The molecule has 0 aliphatic carbocycles. The highest BCUT2D eigenvalue weighted by atomic mass is 32.2. The first kappa shape index (κ1) is 22.3. The van der Waals surface area contributed by atoms with Gasteiger partial charge in [-0.1, -0.05) is 42.5 Å². The molecule has 9 heteroatoms. The number of nitriles is 1. The number of nitrogens with one attached hydrogen (secondary N) is 1. The number of rotatable bonds is 4. The van der Waals surface area contributed by atoms with Crippen molar-refractivity contribution in [3.63, 3.8) is 0 Å². The molecule has 0 saturated heterocycles. The zero-order valence-corrected chi connectivity index (χ0v) is 18.0. The molecule has 1 aromatic heterocycles. The normalized spacial score (nSPS) is 11.8. The summed E-state index contributed by atoms with van der Waals surface area (Å²) in [5.74, 6) is 0. The molecule has 0 aliphatic heterocycles. The van der Waals surface area contributed by atoms with Gasteiger partial charge in [-0.2, -0.15) is 18.4 Å². The third-order valence-electron chi connectivity index (χ3n) is 4.97. The number of halogens is 3. The third kappa shape index (κ3) is 4.66. The predicted molar refractivity (Wildman–Crippen MR) is 121 cm³/mol. The number of nitrogens with zero attached hydrogens (tertiary/aromatic N) is 2. The van der Waals surface area contributed by atoms with Gasteiger partial charge in [-0.15, -0.1) is 0 Å². The molecule has 3 aromatic carbocycles. The molecule has 4 aromatic rings. The number of benzene rings is 3. The molecule has 1 N–H and O–H groups in total. The zero-order valence-electron chi connectivity index (χ0n) is 17.2. The summed E-state index contributed by atoms with van der Waals surface area (Å²) in [6.45, 7) is 0. The number of hydrogen-bond donors (Lipinski definition) is 1. The SMILES string of the molecule is CS(=O)(=O)Nc1cccc(-c2cccc(-c3c(C#N)cnc4c(C(F)(F)F)cccc34)c2)c1. The number of alkyl halides is 3. The number of fused-ring (bicyclic) bond motifs is 1. The number of anilines is 1. The first-order valence-corrected chi connectivity index (χ1v) is 11.5. The second-order valence-electron chi connectivity index (χ2n) is 7.39. The van der Waals surface area contributed by atoms with E-state index in [1.54, 1.807) is 48.5 Å². The highest BCUT2D eigenvalue weighted by molar-refractivity contribution is 7.92. The molecule has 0 atom stereocenters. The van der Waals surface area contributed by atoms with Crippen LogP contribution in [0.25, 0.3) is 33.2 Å². The van der Waals surface area contributed by atoms with Gasteiger partial charge < -0.3 is 0 Å². The van der Waals surface area contributed by atoms with E-state index in [1.165, 1.54) is 12.1 Å². The lowest BCUT2D eigenvalue weighted by Gasteiger charge is -2.14. The van der Waals surface area contributed by atoms with Crippen LogP contribution in [-0.2, 0) is 16.2 Å². The molecule has 0 unspecified atom stereocenters. The van der Waals surface area contributed by atoms with Crippen LogP contribution in [0.5, 0.6) is 0 Å². The summed E-state index contributed by atoms with van der Waals surface area (Å²) in [7, 11) is -3.46. The van der Waals surface area contributed by atoms with Crippen molar-refractivity contribution >= 4 is 26.6 Å². The van der Waals surface area contributed by atoms with Gasteiger partial charge in [-0.05, 0) is 41.0 Å². The van der Waals surface area contributed by atoms with Gasteiger partial charge in [-0.25, -0.2) is 8.42 Å². The first-order chi connectivity index (χ1) is 15.6. The van der Waals surface area contributed by atoms with Crippen LogP contribution in [0.1, 0.15) is 11.1 Å².